The van der Waals surface area contributed by atoms with Crippen molar-refractivity contribution in [2.24, 2.45) is 0 Å². The van der Waals surface area contributed by atoms with Gasteiger partial charge in [0.1, 0.15) is 5.82 Å². The van der Waals surface area contributed by atoms with Gasteiger partial charge in [-0.3, -0.25) is 0 Å². The fourth-order valence-corrected chi connectivity index (χ4v) is 2.94. The van der Waals surface area contributed by atoms with Crippen LogP contribution in [-0.4, -0.2) is 13.1 Å². The van der Waals surface area contributed by atoms with E-state index in [0.717, 1.165) is 16.9 Å². The molecule has 0 saturated heterocycles. The van der Waals surface area contributed by atoms with Crippen LogP contribution in [0.3, 0.4) is 0 Å². The number of anilines is 1. The molecular formula is C20H18FNO2. The summed E-state index contributed by atoms with van der Waals surface area (Å²) in [5, 5.41) is 0. The van der Waals surface area contributed by atoms with Crippen LogP contribution in [0.5, 0.6) is 0 Å². The van der Waals surface area contributed by atoms with Crippen LogP contribution in [0, 0.1) is 5.82 Å². The maximum Gasteiger partial charge on any atom is 0.336 e. The molecule has 3 nitrogen and oxygen atoms in total. The average Bonchev–Trinajstić information content (AvgIpc) is 2.62. The Morgan fingerprint density at radius 2 is 1.75 bits per heavy atom. The normalized spacial score (nSPS) is 17.1. The van der Waals surface area contributed by atoms with Gasteiger partial charge in [0.25, 0.3) is 0 Å². The van der Waals surface area contributed by atoms with E-state index in [1.165, 1.54) is 19.2 Å². The second-order valence-electron chi connectivity index (χ2n) is 5.57. The van der Waals surface area contributed by atoms with Crippen molar-refractivity contribution >= 4 is 11.7 Å². The number of carbonyl (C=O) groups excluding carboxylic acids is 1. The number of halogens is 1. The summed E-state index contributed by atoms with van der Waals surface area (Å²) in [6.07, 6.45) is 3.87. The predicted molar refractivity (Wildman–Crippen MR) is 91.9 cm³/mol. The minimum Gasteiger partial charge on any atom is -0.466 e. The quantitative estimate of drug-likeness (QED) is 0.785. The van der Waals surface area contributed by atoms with Crippen LogP contribution in [0.2, 0.25) is 0 Å². The van der Waals surface area contributed by atoms with Crippen molar-refractivity contribution in [1.29, 1.82) is 0 Å². The van der Waals surface area contributed by atoms with Crippen LogP contribution in [-0.2, 0) is 9.53 Å². The van der Waals surface area contributed by atoms with E-state index in [2.05, 4.69) is 0 Å². The number of rotatable bonds is 3. The van der Waals surface area contributed by atoms with Crippen LogP contribution >= 0.6 is 0 Å². The van der Waals surface area contributed by atoms with Crippen LogP contribution in [0.15, 0.2) is 78.1 Å². The molecule has 0 spiro atoms. The number of nitrogens with zero attached hydrogens (tertiary/aromatic N) is 1. The third-order valence-electron chi connectivity index (χ3n) is 4.16. The molecule has 0 aliphatic carbocycles. The molecular weight excluding hydrogens is 305 g/mol. The van der Waals surface area contributed by atoms with Gasteiger partial charge in [-0.15, -0.1) is 0 Å². The number of hydrogen-bond acceptors (Lipinski definition) is 3. The molecule has 0 bridgehead atoms. The van der Waals surface area contributed by atoms with Gasteiger partial charge in [-0.2, -0.15) is 0 Å². The van der Waals surface area contributed by atoms with Crippen LogP contribution < -0.4 is 4.90 Å². The first-order valence-electron chi connectivity index (χ1n) is 7.69. The molecule has 1 heterocycles. The number of carbonyl (C=O) groups is 1. The highest BCUT2D eigenvalue weighted by atomic mass is 19.1. The van der Waals surface area contributed by atoms with Gasteiger partial charge >= 0.3 is 5.97 Å². The van der Waals surface area contributed by atoms with Gasteiger partial charge in [-0.25, -0.2) is 9.18 Å². The zero-order chi connectivity index (χ0) is 17.1. The summed E-state index contributed by atoms with van der Waals surface area (Å²) in [5.41, 5.74) is 3.16. The highest BCUT2D eigenvalue weighted by Crippen LogP contribution is 2.36. The largest absolute Gasteiger partial charge is 0.466 e. The molecule has 0 radical (unpaired) electrons. The van der Waals surface area contributed by atoms with Crippen molar-refractivity contribution in [2.75, 3.05) is 12.0 Å². The molecule has 122 valence electrons. The Hall–Kier alpha value is -2.88. The smallest absolute Gasteiger partial charge is 0.336 e. The number of allylic oxidation sites excluding steroid dienone is 2. The van der Waals surface area contributed by atoms with Crippen LogP contribution in [0.25, 0.3) is 0 Å². The Morgan fingerprint density at radius 1 is 1.08 bits per heavy atom. The van der Waals surface area contributed by atoms with E-state index in [1.54, 1.807) is 12.1 Å². The lowest BCUT2D eigenvalue weighted by Gasteiger charge is -2.31. The van der Waals surface area contributed by atoms with E-state index < -0.39 is 0 Å². The molecule has 0 N–H and O–H groups in total. The van der Waals surface area contributed by atoms with Gasteiger partial charge in [-0.05, 0) is 36.8 Å². The third kappa shape index (κ3) is 2.95. The van der Waals surface area contributed by atoms with Crippen LogP contribution in [0.1, 0.15) is 18.4 Å². The second kappa shape index (κ2) is 6.71. The minimum absolute atomic E-state index is 0.171. The summed E-state index contributed by atoms with van der Waals surface area (Å²) >= 11 is 0. The molecule has 2 aromatic carbocycles. The van der Waals surface area contributed by atoms with E-state index in [-0.39, 0.29) is 17.7 Å². The Balaban J connectivity index is 2.06. The number of benzene rings is 2. The number of hydrogen-bond donors (Lipinski definition) is 0. The number of methoxy groups -OCH3 is 1. The lowest BCUT2D eigenvalue weighted by molar-refractivity contribution is -0.136. The van der Waals surface area contributed by atoms with Crippen molar-refractivity contribution in [3.63, 3.8) is 0 Å². The molecule has 0 aromatic heterocycles. The third-order valence-corrected chi connectivity index (χ3v) is 4.16. The highest BCUT2D eigenvalue weighted by Gasteiger charge is 2.29. The van der Waals surface area contributed by atoms with Gasteiger partial charge in [0.2, 0.25) is 0 Å². The molecule has 3 rings (SSSR count). The van der Waals surface area contributed by atoms with Gasteiger partial charge in [0.05, 0.1) is 12.7 Å². The van der Waals surface area contributed by atoms with Crippen LogP contribution in [0.4, 0.5) is 10.1 Å². The maximum atomic E-state index is 13.2. The lowest BCUT2D eigenvalue weighted by atomic mass is 9.87. The van der Waals surface area contributed by atoms with Crippen molar-refractivity contribution in [1.82, 2.24) is 0 Å². The molecule has 2 aromatic rings. The van der Waals surface area contributed by atoms with E-state index in [4.69, 9.17) is 4.74 Å². The van der Waals surface area contributed by atoms with Gasteiger partial charge in [0.15, 0.2) is 0 Å². The second-order valence-corrected chi connectivity index (χ2v) is 5.57. The van der Waals surface area contributed by atoms with Crippen molar-refractivity contribution in [3.8, 4) is 0 Å². The first-order chi connectivity index (χ1) is 11.6. The van der Waals surface area contributed by atoms with Crippen molar-refractivity contribution in [2.45, 2.75) is 12.8 Å². The van der Waals surface area contributed by atoms with Crippen molar-refractivity contribution in [3.05, 3.63) is 89.5 Å². The Morgan fingerprint density at radius 3 is 2.38 bits per heavy atom. The van der Waals surface area contributed by atoms with Gasteiger partial charge in [-0.1, -0.05) is 36.4 Å². The standard InChI is InChI=1S/C20H18FNO2/c1-14-19(20(23)24-2)18(15-6-4-3-5-7-15)12-13-22(14)17-10-8-16(21)9-11-17/h3-13,18H,1-2H3. The van der Waals surface area contributed by atoms with E-state index in [1.807, 2.05) is 54.4 Å². The maximum absolute atomic E-state index is 13.2. The monoisotopic (exact) mass is 323 g/mol. The molecule has 4 heteroatoms. The highest BCUT2D eigenvalue weighted by molar-refractivity contribution is 5.93. The van der Waals surface area contributed by atoms with Gasteiger partial charge in [0, 0.05) is 23.5 Å². The molecule has 1 aliphatic rings. The van der Waals surface area contributed by atoms with Gasteiger partial charge < -0.3 is 9.64 Å². The molecule has 0 saturated carbocycles. The Bertz CT molecular complexity index is 794. The zero-order valence-corrected chi connectivity index (χ0v) is 13.6. The van der Waals surface area contributed by atoms with Crippen molar-refractivity contribution < 1.29 is 13.9 Å². The molecule has 0 amide bonds. The SMILES string of the molecule is COC(=O)C1=C(C)N(c2ccc(F)cc2)C=CC1c1ccccc1. The van der Waals surface area contributed by atoms with E-state index in [9.17, 15) is 9.18 Å². The van der Waals surface area contributed by atoms with E-state index in [0.29, 0.717) is 5.57 Å². The molecule has 0 fully saturated rings. The Labute approximate surface area is 140 Å². The molecule has 1 aliphatic heterocycles. The number of esters is 1. The molecule has 1 unspecified atom stereocenters. The summed E-state index contributed by atoms with van der Waals surface area (Å²) in [5.74, 6) is -0.829. The Kier molecular flexibility index (Phi) is 4.47. The first-order valence-corrected chi connectivity index (χ1v) is 7.69. The zero-order valence-electron chi connectivity index (χ0n) is 13.6. The summed E-state index contributed by atoms with van der Waals surface area (Å²) in [6.45, 7) is 1.87. The summed E-state index contributed by atoms with van der Waals surface area (Å²) in [6, 6.07) is 16.0. The summed E-state index contributed by atoms with van der Waals surface area (Å²) in [7, 11) is 1.38. The fourth-order valence-electron chi connectivity index (χ4n) is 2.94. The fraction of sp³-hybridized carbons (Fsp3) is 0.150. The topological polar surface area (TPSA) is 29.5 Å². The summed E-state index contributed by atoms with van der Waals surface area (Å²) in [4.78, 5) is 14.3. The molecule has 1 atom stereocenters. The average molecular weight is 323 g/mol. The minimum atomic E-state index is -0.363. The summed E-state index contributed by atoms with van der Waals surface area (Å²) < 4.78 is 18.2. The number of ether oxygens (including phenoxy) is 1. The lowest BCUT2D eigenvalue weighted by Crippen LogP contribution is -2.26. The predicted octanol–water partition coefficient (Wildman–Crippen LogP) is 4.39. The van der Waals surface area contributed by atoms with E-state index >= 15 is 0 Å². The molecule has 24 heavy (non-hydrogen) atoms. The first kappa shape index (κ1) is 16.0.